The van der Waals surface area contributed by atoms with E-state index in [1.54, 1.807) is 48.5 Å². The van der Waals surface area contributed by atoms with Crippen molar-refractivity contribution in [1.29, 1.82) is 0 Å². The van der Waals surface area contributed by atoms with Crippen molar-refractivity contribution in [1.82, 2.24) is 5.32 Å². The topological polar surface area (TPSA) is 144 Å². The van der Waals surface area contributed by atoms with Gasteiger partial charge >= 0.3 is 0 Å². The van der Waals surface area contributed by atoms with Crippen LogP contribution in [-0.2, 0) is 10.5 Å². The van der Waals surface area contributed by atoms with E-state index in [-0.39, 0.29) is 25.0 Å². The highest BCUT2D eigenvalue weighted by Crippen LogP contribution is 2.35. The number of amides is 2. The quantitative estimate of drug-likeness (QED) is 0.134. The first-order valence-corrected chi connectivity index (χ1v) is 14.1. The highest BCUT2D eigenvalue weighted by molar-refractivity contribution is 6.05. The summed E-state index contributed by atoms with van der Waals surface area (Å²) in [6.07, 6.45) is 0. The molecular formula is C33H35N5O5. The van der Waals surface area contributed by atoms with Crippen LogP contribution >= 0.6 is 0 Å². The summed E-state index contributed by atoms with van der Waals surface area (Å²) in [6.45, 7) is 2.16. The van der Waals surface area contributed by atoms with Crippen molar-refractivity contribution in [3.05, 3.63) is 119 Å². The molecule has 5 rings (SSSR count). The molecular weight excluding hydrogens is 546 g/mol. The van der Waals surface area contributed by atoms with Gasteiger partial charge in [0.15, 0.2) is 5.72 Å². The van der Waals surface area contributed by atoms with Gasteiger partial charge in [0.05, 0.1) is 19.8 Å². The van der Waals surface area contributed by atoms with Crippen molar-refractivity contribution >= 4 is 34.6 Å². The van der Waals surface area contributed by atoms with Gasteiger partial charge in [-0.25, -0.2) is 0 Å². The molecule has 222 valence electrons. The SMILES string of the molecule is O=C(Nc1ccc(C2(c3ccc(NC(=O)c4ccc(NCCO)cc4)cc3)NCCO2)cc1)c1ccc(NCCO)cc1. The van der Waals surface area contributed by atoms with Gasteiger partial charge in [-0.1, -0.05) is 24.3 Å². The Morgan fingerprint density at radius 2 is 1.02 bits per heavy atom. The van der Waals surface area contributed by atoms with Gasteiger partial charge in [-0.05, 0) is 72.8 Å². The Morgan fingerprint density at radius 1 is 0.628 bits per heavy atom. The van der Waals surface area contributed by atoms with Crippen LogP contribution in [0, 0.1) is 0 Å². The van der Waals surface area contributed by atoms with Gasteiger partial charge in [0.1, 0.15) is 0 Å². The fraction of sp³-hybridized carbons (Fsp3) is 0.212. The molecule has 4 aromatic carbocycles. The second kappa shape index (κ2) is 14.0. The molecule has 0 bridgehead atoms. The molecule has 1 heterocycles. The minimum atomic E-state index is -0.861. The first kappa shape index (κ1) is 29.7. The Hall–Kier alpha value is -4.74. The Bertz CT molecular complexity index is 1390. The molecule has 10 nitrogen and oxygen atoms in total. The normalized spacial score (nSPS) is 13.7. The van der Waals surface area contributed by atoms with Gasteiger partial charge in [0, 0.05) is 64.6 Å². The summed E-state index contributed by atoms with van der Waals surface area (Å²) < 4.78 is 6.24. The summed E-state index contributed by atoms with van der Waals surface area (Å²) in [5, 5.41) is 33.3. The molecule has 0 saturated carbocycles. The zero-order valence-corrected chi connectivity index (χ0v) is 23.6. The van der Waals surface area contributed by atoms with Gasteiger partial charge in [0.2, 0.25) is 0 Å². The van der Waals surface area contributed by atoms with Crippen LogP contribution in [0.1, 0.15) is 31.8 Å². The third kappa shape index (κ3) is 7.19. The average molecular weight is 582 g/mol. The third-order valence-electron chi connectivity index (χ3n) is 7.07. The van der Waals surface area contributed by atoms with Crippen molar-refractivity contribution < 1.29 is 24.5 Å². The molecule has 7 N–H and O–H groups in total. The van der Waals surface area contributed by atoms with E-state index in [1.807, 2.05) is 48.5 Å². The van der Waals surface area contributed by atoms with Crippen LogP contribution in [-0.4, -0.2) is 61.5 Å². The van der Waals surface area contributed by atoms with Crippen LogP contribution in [0.2, 0.25) is 0 Å². The molecule has 1 fully saturated rings. The lowest BCUT2D eigenvalue weighted by atomic mass is 9.94. The van der Waals surface area contributed by atoms with Gasteiger partial charge in [-0.15, -0.1) is 0 Å². The van der Waals surface area contributed by atoms with Crippen LogP contribution in [0.5, 0.6) is 0 Å². The summed E-state index contributed by atoms with van der Waals surface area (Å²) in [7, 11) is 0. The molecule has 0 radical (unpaired) electrons. The van der Waals surface area contributed by atoms with E-state index in [0.29, 0.717) is 48.7 Å². The van der Waals surface area contributed by atoms with Gasteiger partial charge in [-0.2, -0.15) is 0 Å². The number of aliphatic hydroxyl groups excluding tert-OH is 2. The highest BCUT2D eigenvalue weighted by atomic mass is 16.5. The number of hydrogen-bond acceptors (Lipinski definition) is 8. The Labute approximate surface area is 250 Å². The molecule has 0 aromatic heterocycles. The van der Waals surface area contributed by atoms with Gasteiger partial charge < -0.3 is 36.2 Å². The molecule has 0 aliphatic carbocycles. The summed E-state index contributed by atoms with van der Waals surface area (Å²) in [6, 6.07) is 29.2. The van der Waals surface area contributed by atoms with Crippen LogP contribution in [0.15, 0.2) is 97.1 Å². The standard InChI is InChI=1S/C33H35N5O5/c39-20-17-34-27-9-1-23(2-10-27)31(41)37-29-13-5-25(6-14-29)33(36-19-22-43-33)26-7-15-30(16-8-26)38-32(42)24-3-11-28(12-4-24)35-18-21-40/h1-16,34-36,39-40H,17-22H2,(H,37,41)(H,38,42). The van der Waals surface area contributed by atoms with E-state index in [0.717, 1.165) is 22.5 Å². The number of carbonyl (C=O) groups excluding carboxylic acids is 2. The second-order valence-electron chi connectivity index (χ2n) is 9.97. The summed E-state index contributed by atoms with van der Waals surface area (Å²) in [4.78, 5) is 25.5. The molecule has 0 spiro atoms. The fourth-order valence-corrected chi connectivity index (χ4v) is 4.88. The highest BCUT2D eigenvalue weighted by Gasteiger charge is 2.38. The number of ether oxygens (including phenoxy) is 1. The van der Waals surface area contributed by atoms with Crippen LogP contribution < -0.4 is 26.6 Å². The predicted molar refractivity (Wildman–Crippen MR) is 168 cm³/mol. The maximum atomic E-state index is 12.8. The predicted octanol–water partition coefficient (Wildman–Crippen LogP) is 3.82. The number of hydrogen-bond donors (Lipinski definition) is 7. The van der Waals surface area contributed by atoms with Gasteiger partial charge in [-0.3, -0.25) is 14.9 Å². The lowest BCUT2D eigenvalue weighted by Gasteiger charge is -2.30. The monoisotopic (exact) mass is 581 g/mol. The van der Waals surface area contributed by atoms with Crippen molar-refractivity contribution in [3.8, 4) is 0 Å². The lowest BCUT2D eigenvalue weighted by molar-refractivity contribution is 0.0224. The number of rotatable bonds is 12. The Balaban J connectivity index is 1.24. The van der Waals surface area contributed by atoms with E-state index in [1.165, 1.54) is 0 Å². The number of aliphatic hydroxyl groups is 2. The van der Waals surface area contributed by atoms with Crippen molar-refractivity contribution in [2.24, 2.45) is 0 Å². The smallest absolute Gasteiger partial charge is 0.255 e. The van der Waals surface area contributed by atoms with E-state index in [9.17, 15) is 9.59 Å². The van der Waals surface area contributed by atoms with Crippen LogP contribution in [0.3, 0.4) is 0 Å². The maximum absolute atomic E-state index is 12.8. The molecule has 10 heteroatoms. The molecule has 4 aromatic rings. The fourth-order valence-electron chi connectivity index (χ4n) is 4.88. The van der Waals surface area contributed by atoms with Crippen LogP contribution in [0.25, 0.3) is 0 Å². The van der Waals surface area contributed by atoms with E-state index >= 15 is 0 Å². The molecule has 43 heavy (non-hydrogen) atoms. The first-order chi connectivity index (χ1) is 21.0. The molecule has 1 aliphatic rings. The molecule has 0 atom stereocenters. The van der Waals surface area contributed by atoms with Crippen molar-refractivity contribution in [3.63, 3.8) is 0 Å². The minimum absolute atomic E-state index is 0.0333. The minimum Gasteiger partial charge on any atom is -0.395 e. The maximum Gasteiger partial charge on any atom is 0.255 e. The summed E-state index contributed by atoms with van der Waals surface area (Å²) >= 11 is 0. The number of anilines is 4. The zero-order valence-electron chi connectivity index (χ0n) is 23.6. The number of carbonyl (C=O) groups is 2. The summed E-state index contributed by atoms with van der Waals surface area (Å²) in [5.74, 6) is -0.447. The Kier molecular flexibility index (Phi) is 9.65. The average Bonchev–Trinajstić information content (AvgIpc) is 3.55. The van der Waals surface area contributed by atoms with Gasteiger partial charge in [0.25, 0.3) is 11.8 Å². The van der Waals surface area contributed by atoms with Crippen molar-refractivity contribution in [2.45, 2.75) is 5.72 Å². The van der Waals surface area contributed by atoms with E-state index < -0.39 is 5.72 Å². The third-order valence-corrected chi connectivity index (χ3v) is 7.07. The van der Waals surface area contributed by atoms with E-state index in [2.05, 4.69) is 26.6 Å². The molecule has 0 unspecified atom stereocenters. The second-order valence-corrected chi connectivity index (χ2v) is 9.97. The zero-order chi connectivity index (χ0) is 30.1. The summed E-state index contributed by atoms with van der Waals surface area (Å²) in [5.41, 5.74) is 4.92. The molecule has 1 aliphatic heterocycles. The van der Waals surface area contributed by atoms with Crippen molar-refractivity contribution in [2.75, 3.05) is 60.7 Å². The Morgan fingerprint density at radius 3 is 1.37 bits per heavy atom. The lowest BCUT2D eigenvalue weighted by Crippen LogP contribution is -2.39. The number of nitrogens with one attached hydrogen (secondary N) is 5. The van der Waals surface area contributed by atoms with E-state index in [4.69, 9.17) is 14.9 Å². The van der Waals surface area contributed by atoms with Crippen LogP contribution in [0.4, 0.5) is 22.7 Å². The molecule has 1 saturated heterocycles. The first-order valence-electron chi connectivity index (χ1n) is 14.1. The number of benzene rings is 4. The largest absolute Gasteiger partial charge is 0.395 e. The molecule has 2 amide bonds.